The Labute approximate surface area is 173 Å². The molecular weight excluding hydrogens is 364 g/mol. The first-order valence-electron chi connectivity index (χ1n) is 10.7. The van der Waals surface area contributed by atoms with Crippen LogP contribution in [-0.4, -0.2) is 63.3 Å². The number of rotatable bonds is 2. The Morgan fingerprint density at radius 1 is 1.28 bits per heavy atom. The number of carbonyl (C=O) groups excluding carboxylic acids is 1. The molecule has 0 saturated carbocycles. The summed E-state index contributed by atoms with van der Waals surface area (Å²) in [4.78, 5) is 15.2. The van der Waals surface area contributed by atoms with Crippen molar-refractivity contribution in [1.29, 1.82) is 0 Å². The van der Waals surface area contributed by atoms with Crippen molar-refractivity contribution in [3.05, 3.63) is 30.0 Å². The van der Waals surface area contributed by atoms with E-state index in [0.29, 0.717) is 18.5 Å². The summed E-state index contributed by atoms with van der Waals surface area (Å²) in [6.45, 7) is 10.8. The van der Waals surface area contributed by atoms with Gasteiger partial charge in [-0.2, -0.15) is 9.89 Å². The Morgan fingerprint density at radius 2 is 2.07 bits per heavy atom. The second kappa shape index (κ2) is 7.56. The van der Waals surface area contributed by atoms with Crippen LogP contribution < -0.4 is 0 Å². The number of likely N-dealkylation sites (N-methyl/N-ethyl adjacent to an activating group) is 1. The van der Waals surface area contributed by atoms with Gasteiger partial charge < -0.3 is 9.64 Å². The molecule has 3 heterocycles. The maximum absolute atomic E-state index is 12.9. The Morgan fingerprint density at radius 3 is 2.76 bits per heavy atom. The van der Waals surface area contributed by atoms with Crippen molar-refractivity contribution in [1.82, 2.24) is 14.7 Å². The van der Waals surface area contributed by atoms with Crippen molar-refractivity contribution >= 4 is 22.7 Å². The van der Waals surface area contributed by atoms with Gasteiger partial charge in [0.25, 0.3) is 0 Å². The van der Waals surface area contributed by atoms with Crippen molar-refractivity contribution in [2.75, 3.05) is 26.7 Å². The van der Waals surface area contributed by atoms with E-state index in [1.54, 1.807) is 0 Å². The summed E-state index contributed by atoms with van der Waals surface area (Å²) in [7, 11) is 2.16. The average molecular weight is 398 g/mol. The summed E-state index contributed by atoms with van der Waals surface area (Å²) in [6.07, 6.45) is 5.02. The minimum atomic E-state index is -0.498. The lowest BCUT2D eigenvalue weighted by atomic mass is 9.94. The lowest BCUT2D eigenvalue weighted by Crippen LogP contribution is -2.39. The molecular formula is C23H33N4O2+. The first kappa shape index (κ1) is 20.1. The van der Waals surface area contributed by atoms with Crippen molar-refractivity contribution in [3.8, 4) is 0 Å². The molecule has 4 rings (SSSR count). The van der Waals surface area contributed by atoms with E-state index in [2.05, 4.69) is 47.9 Å². The molecule has 0 radical (unpaired) electrons. The highest BCUT2D eigenvalue weighted by molar-refractivity contribution is 6.01. The molecule has 0 spiro atoms. The molecule has 29 heavy (non-hydrogen) atoms. The van der Waals surface area contributed by atoms with E-state index >= 15 is 0 Å². The third kappa shape index (κ3) is 4.37. The minimum absolute atomic E-state index is 0.246. The van der Waals surface area contributed by atoms with Gasteiger partial charge in [-0.1, -0.05) is 6.92 Å². The van der Waals surface area contributed by atoms with Gasteiger partial charge in [-0.3, -0.25) is 4.68 Å². The maximum atomic E-state index is 12.9. The third-order valence-corrected chi connectivity index (χ3v) is 5.90. The van der Waals surface area contributed by atoms with E-state index in [1.165, 1.54) is 0 Å². The van der Waals surface area contributed by atoms with Gasteiger partial charge in [-0.05, 0) is 65.4 Å². The number of hydrogen-bond acceptors (Lipinski definition) is 4. The molecule has 0 unspecified atom stereocenters. The van der Waals surface area contributed by atoms with Crippen molar-refractivity contribution < 1.29 is 14.1 Å². The van der Waals surface area contributed by atoms with Gasteiger partial charge >= 0.3 is 6.09 Å². The number of hydrogen-bond donors (Lipinski definition) is 0. The fourth-order valence-electron chi connectivity index (χ4n) is 4.37. The zero-order chi connectivity index (χ0) is 20.8. The highest BCUT2D eigenvalue weighted by Crippen LogP contribution is 2.25. The van der Waals surface area contributed by atoms with Gasteiger partial charge in [0.15, 0.2) is 12.3 Å². The molecule has 2 atom stereocenters. The topological polar surface area (TPSA) is 50.4 Å². The Hall–Kier alpha value is -2.21. The van der Waals surface area contributed by atoms with Gasteiger partial charge in [0.1, 0.15) is 5.60 Å². The first-order valence-corrected chi connectivity index (χ1v) is 10.7. The summed E-state index contributed by atoms with van der Waals surface area (Å²) in [6, 6.07) is 6.80. The summed E-state index contributed by atoms with van der Waals surface area (Å²) < 4.78 is 9.66. The highest BCUT2D eigenvalue weighted by atomic mass is 16.6. The highest BCUT2D eigenvalue weighted by Gasteiger charge is 2.35. The van der Waals surface area contributed by atoms with Crippen LogP contribution >= 0.6 is 0 Å². The minimum Gasteiger partial charge on any atom is -0.406 e. The largest absolute Gasteiger partial charge is 0.597 e. The van der Waals surface area contributed by atoms with Gasteiger partial charge in [-0.25, -0.2) is 0 Å². The number of benzene rings is 1. The molecule has 2 aliphatic heterocycles. The number of amides is 1. The molecule has 2 aromatic rings. The Balaban J connectivity index is 1.69. The van der Waals surface area contributed by atoms with Crippen LogP contribution in [-0.2, 0) is 4.74 Å². The summed E-state index contributed by atoms with van der Waals surface area (Å²) in [5, 5.41) is 5.94. The van der Waals surface area contributed by atoms with E-state index in [1.807, 2.05) is 25.3 Å². The zero-order valence-electron chi connectivity index (χ0n) is 18.3. The van der Waals surface area contributed by atoms with Crippen LogP contribution in [0.5, 0.6) is 0 Å². The van der Waals surface area contributed by atoms with Crippen LogP contribution in [0.2, 0.25) is 0 Å². The standard InChI is InChI=1S/C23H33N4O2/c1-16-6-9-21(26(13-16)22(28)29-23(2,3)4)17-7-8-20-18(12-17)14-27(24-20)19-10-11-25(5)15-19/h7-8,12,14,16,19H,6,9-11,13,15H2,1-5H3/q+1/t16-,19+/m0/s1. The maximum Gasteiger partial charge on any atom is 0.597 e. The summed E-state index contributed by atoms with van der Waals surface area (Å²) in [5.74, 6) is 0.470. The average Bonchev–Trinajstić information content (AvgIpc) is 3.25. The van der Waals surface area contributed by atoms with Crippen LogP contribution in [0.1, 0.15) is 58.6 Å². The SMILES string of the molecule is C[C@H]1CCC(c2ccc3nn([C@@H]4CCN(C)C4)cc3c2)=[N+](C(=O)OC(C)(C)C)C1. The van der Waals surface area contributed by atoms with E-state index < -0.39 is 5.60 Å². The molecule has 1 saturated heterocycles. The number of fused-ring (bicyclic) bond motifs is 1. The number of nitrogens with zero attached hydrogens (tertiary/aromatic N) is 4. The van der Waals surface area contributed by atoms with Crippen LogP contribution in [0.15, 0.2) is 24.4 Å². The number of carbonyl (C=O) groups is 1. The number of ether oxygens (including phenoxy) is 1. The molecule has 6 heteroatoms. The lowest BCUT2D eigenvalue weighted by Gasteiger charge is -2.22. The molecule has 1 amide bonds. The second-order valence-corrected chi connectivity index (χ2v) is 9.77. The predicted octanol–water partition coefficient (Wildman–Crippen LogP) is 4.08. The fraction of sp³-hybridized carbons (Fsp3) is 0.609. The zero-order valence-corrected chi connectivity index (χ0v) is 18.3. The normalized spacial score (nSPS) is 23.8. The van der Waals surface area contributed by atoms with Gasteiger partial charge in [0.05, 0.1) is 11.6 Å². The molecule has 0 N–H and O–H groups in total. The van der Waals surface area contributed by atoms with Crippen LogP contribution in [0, 0.1) is 5.92 Å². The molecule has 0 bridgehead atoms. The molecule has 0 aliphatic carbocycles. The molecule has 156 valence electrons. The van der Waals surface area contributed by atoms with E-state index in [-0.39, 0.29) is 6.09 Å². The number of aromatic nitrogens is 2. The molecule has 1 fully saturated rings. The quantitative estimate of drug-likeness (QED) is 0.717. The van der Waals surface area contributed by atoms with Crippen LogP contribution in [0.3, 0.4) is 0 Å². The monoisotopic (exact) mass is 397 g/mol. The van der Waals surface area contributed by atoms with Crippen molar-refractivity contribution in [2.45, 2.75) is 58.6 Å². The second-order valence-electron chi connectivity index (χ2n) is 9.77. The Kier molecular flexibility index (Phi) is 5.23. The van der Waals surface area contributed by atoms with Crippen LogP contribution in [0.4, 0.5) is 4.79 Å². The molecule has 2 aliphatic rings. The molecule has 6 nitrogen and oxygen atoms in total. The first-order chi connectivity index (χ1) is 13.7. The van der Waals surface area contributed by atoms with E-state index in [9.17, 15) is 4.79 Å². The fourth-order valence-corrected chi connectivity index (χ4v) is 4.37. The van der Waals surface area contributed by atoms with Crippen molar-refractivity contribution in [2.24, 2.45) is 5.92 Å². The van der Waals surface area contributed by atoms with E-state index in [4.69, 9.17) is 9.84 Å². The lowest BCUT2D eigenvalue weighted by molar-refractivity contribution is -0.463. The molecule has 1 aromatic heterocycles. The number of likely N-dealkylation sites (tertiary alicyclic amines) is 1. The van der Waals surface area contributed by atoms with Crippen molar-refractivity contribution in [3.63, 3.8) is 0 Å². The van der Waals surface area contributed by atoms with Crippen LogP contribution in [0.25, 0.3) is 10.9 Å². The summed E-state index contributed by atoms with van der Waals surface area (Å²) >= 11 is 0. The smallest absolute Gasteiger partial charge is 0.406 e. The van der Waals surface area contributed by atoms with Gasteiger partial charge in [0.2, 0.25) is 0 Å². The third-order valence-electron chi connectivity index (χ3n) is 5.90. The van der Waals surface area contributed by atoms with Gasteiger partial charge in [0, 0.05) is 36.0 Å². The summed E-state index contributed by atoms with van der Waals surface area (Å²) in [5.41, 5.74) is 2.67. The Bertz CT molecular complexity index is 953. The molecule has 1 aromatic carbocycles. The van der Waals surface area contributed by atoms with Gasteiger partial charge in [-0.15, -0.1) is 4.58 Å². The predicted molar refractivity (Wildman–Crippen MR) is 115 cm³/mol. The van der Waals surface area contributed by atoms with E-state index in [0.717, 1.165) is 54.5 Å².